The topological polar surface area (TPSA) is 83.0 Å². The van der Waals surface area contributed by atoms with Crippen molar-refractivity contribution in [2.75, 3.05) is 17.2 Å². The molecule has 0 fully saturated rings. The number of aliphatic hydroxyl groups is 1. The van der Waals surface area contributed by atoms with Gasteiger partial charge >= 0.3 is 0 Å². The Labute approximate surface area is 155 Å². The van der Waals surface area contributed by atoms with Crippen molar-refractivity contribution in [1.82, 2.24) is 15.0 Å². The van der Waals surface area contributed by atoms with E-state index in [1.165, 1.54) is 18.2 Å². The number of hydrogen-bond donors (Lipinski definition) is 3. The normalized spacial score (nSPS) is 11.8. The molecule has 0 radical (unpaired) electrons. The van der Waals surface area contributed by atoms with Crippen LogP contribution in [0.1, 0.15) is 6.92 Å². The van der Waals surface area contributed by atoms with Gasteiger partial charge in [0.1, 0.15) is 11.6 Å². The molecule has 0 aliphatic carbocycles. The largest absolute Gasteiger partial charge is 0.394 e. The van der Waals surface area contributed by atoms with E-state index in [4.69, 9.17) is 11.6 Å². The smallest absolute Gasteiger partial charge is 0.225 e. The van der Waals surface area contributed by atoms with Gasteiger partial charge in [0.05, 0.1) is 23.0 Å². The first-order valence-corrected chi connectivity index (χ1v) is 8.32. The minimum Gasteiger partial charge on any atom is -0.394 e. The van der Waals surface area contributed by atoms with Crippen LogP contribution in [0.3, 0.4) is 0 Å². The van der Waals surface area contributed by atoms with Crippen molar-refractivity contribution >= 4 is 29.1 Å². The fourth-order valence-electron chi connectivity index (χ4n) is 2.23. The van der Waals surface area contributed by atoms with Gasteiger partial charge in [-0.05, 0) is 37.3 Å². The van der Waals surface area contributed by atoms with Crippen molar-refractivity contribution in [3.8, 4) is 11.3 Å². The van der Waals surface area contributed by atoms with E-state index >= 15 is 0 Å². The second kappa shape index (κ2) is 8.07. The van der Waals surface area contributed by atoms with Crippen LogP contribution in [-0.2, 0) is 0 Å². The zero-order valence-electron chi connectivity index (χ0n) is 13.9. The molecule has 0 saturated heterocycles. The number of benzene rings is 1. The third kappa shape index (κ3) is 4.44. The summed E-state index contributed by atoms with van der Waals surface area (Å²) in [5.41, 5.74) is 1.97. The zero-order chi connectivity index (χ0) is 18.5. The summed E-state index contributed by atoms with van der Waals surface area (Å²) in [5, 5.41) is 15.6. The average Bonchev–Trinajstić information content (AvgIpc) is 2.64. The third-order valence-electron chi connectivity index (χ3n) is 3.53. The van der Waals surface area contributed by atoms with Gasteiger partial charge in [-0.3, -0.25) is 4.98 Å². The standard InChI is InChI=1S/C18H17ClFN5O/c1-11(10-26)22-18-24-16(12-3-2-6-21-9-12)8-17(25-18)23-15-5-4-13(20)7-14(15)19/h2-9,11,26H,10H2,1H3,(H2,22,23,24,25)/t11-/m0/s1. The van der Waals surface area contributed by atoms with Crippen molar-refractivity contribution in [2.24, 2.45) is 0 Å². The number of halogens is 2. The van der Waals surface area contributed by atoms with Crippen LogP contribution in [0.25, 0.3) is 11.3 Å². The molecule has 0 aliphatic heterocycles. The second-order valence-electron chi connectivity index (χ2n) is 5.68. The van der Waals surface area contributed by atoms with E-state index in [1.54, 1.807) is 18.5 Å². The van der Waals surface area contributed by atoms with E-state index in [2.05, 4.69) is 25.6 Å². The molecule has 3 aromatic rings. The van der Waals surface area contributed by atoms with Gasteiger partial charge in [0.25, 0.3) is 0 Å². The number of rotatable bonds is 6. The molecule has 2 aromatic heterocycles. The van der Waals surface area contributed by atoms with Crippen LogP contribution >= 0.6 is 11.6 Å². The molecule has 26 heavy (non-hydrogen) atoms. The van der Waals surface area contributed by atoms with Gasteiger partial charge in [0.15, 0.2) is 0 Å². The zero-order valence-corrected chi connectivity index (χ0v) is 14.7. The molecule has 0 amide bonds. The predicted molar refractivity (Wildman–Crippen MR) is 100 cm³/mol. The van der Waals surface area contributed by atoms with Crippen LogP contribution < -0.4 is 10.6 Å². The molecule has 0 saturated carbocycles. The molecule has 1 aromatic carbocycles. The molecule has 8 heteroatoms. The lowest BCUT2D eigenvalue weighted by molar-refractivity contribution is 0.281. The highest BCUT2D eigenvalue weighted by atomic mass is 35.5. The summed E-state index contributed by atoms with van der Waals surface area (Å²) in [4.78, 5) is 13.0. The molecular weight excluding hydrogens is 357 g/mol. The quantitative estimate of drug-likeness (QED) is 0.608. The summed E-state index contributed by atoms with van der Waals surface area (Å²) >= 11 is 6.08. The Morgan fingerprint density at radius 2 is 2.08 bits per heavy atom. The van der Waals surface area contributed by atoms with Gasteiger partial charge < -0.3 is 15.7 Å². The monoisotopic (exact) mass is 373 g/mol. The number of anilines is 3. The van der Waals surface area contributed by atoms with Crippen molar-refractivity contribution in [3.63, 3.8) is 0 Å². The molecule has 0 aliphatic rings. The second-order valence-corrected chi connectivity index (χ2v) is 6.09. The fourth-order valence-corrected chi connectivity index (χ4v) is 2.45. The highest BCUT2D eigenvalue weighted by molar-refractivity contribution is 6.33. The summed E-state index contributed by atoms with van der Waals surface area (Å²) in [5.74, 6) is 0.395. The lowest BCUT2D eigenvalue weighted by Crippen LogP contribution is -2.21. The summed E-state index contributed by atoms with van der Waals surface area (Å²) in [6, 6.07) is 9.28. The molecule has 0 spiro atoms. The molecule has 0 unspecified atom stereocenters. The SMILES string of the molecule is C[C@@H](CO)Nc1nc(Nc2ccc(F)cc2Cl)cc(-c2cccnc2)n1. The van der Waals surface area contributed by atoms with Crippen molar-refractivity contribution in [1.29, 1.82) is 0 Å². The lowest BCUT2D eigenvalue weighted by atomic mass is 10.2. The Kier molecular flexibility index (Phi) is 5.60. The van der Waals surface area contributed by atoms with E-state index in [-0.39, 0.29) is 17.7 Å². The van der Waals surface area contributed by atoms with Gasteiger partial charge in [-0.25, -0.2) is 9.37 Å². The van der Waals surface area contributed by atoms with E-state index in [0.717, 1.165) is 5.56 Å². The van der Waals surface area contributed by atoms with Crippen LogP contribution in [0.5, 0.6) is 0 Å². The molecule has 3 rings (SSSR count). The maximum Gasteiger partial charge on any atom is 0.225 e. The Bertz CT molecular complexity index is 894. The summed E-state index contributed by atoms with van der Waals surface area (Å²) in [6.07, 6.45) is 3.37. The molecule has 6 nitrogen and oxygen atoms in total. The number of pyridine rings is 1. The number of aromatic nitrogens is 3. The first-order chi connectivity index (χ1) is 12.5. The van der Waals surface area contributed by atoms with Crippen molar-refractivity contribution in [3.05, 3.63) is 59.6 Å². The van der Waals surface area contributed by atoms with Gasteiger partial charge in [0, 0.05) is 30.1 Å². The van der Waals surface area contributed by atoms with Crippen LogP contribution in [0.15, 0.2) is 48.8 Å². The minimum atomic E-state index is -0.418. The van der Waals surface area contributed by atoms with Crippen molar-refractivity contribution in [2.45, 2.75) is 13.0 Å². The summed E-state index contributed by atoms with van der Waals surface area (Å²) in [7, 11) is 0. The summed E-state index contributed by atoms with van der Waals surface area (Å²) in [6.45, 7) is 1.75. The van der Waals surface area contributed by atoms with Crippen LogP contribution in [-0.4, -0.2) is 32.7 Å². The van der Waals surface area contributed by atoms with Gasteiger partial charge in [-0.2, -0.15) is 4.98 Å². The van der Waals surface area contributed by atoms with Crippen LogP contribution in [0.2, 0.25) is 5.02 Å². The predicted octanol–water partition coefficient (Wildman–Crippen LogP) is 3.87. The Morgan fingerprint density at radius 3 is 2.77 bits per heavy atom. The number of hydrogen-bond acceptors (Lipinski definition) is 6. The highest BCUT2D eigenvalue weighted by Gasteiger charge is 2.11. The number of nitrogens with zero attached hydrogens (tertiary/aromatic N) is 3. The van der Waals surface area contributed by atoms with E-state index < -0.39 is 5.82 Å². The minimum absolute atomic E-state index is 0.0625. The lowest BCUT2D eigenvalue weighted by Gasteiger charge is -2.14. The molecule has 1 atom stereocenters. The first-order valence-electron chi connectivity index (χ1n) is 7.94. The highest BCUT2D eigenvalue weighted by Crippen LogP contribution is 2.28. The number of aliphatic hydroxyl groups excluding tert-OH is 1. The maximum atomic E-state index is 13.2. The van der Waals surface area contributed by atoms with Gasteiger partial charge in [0.2, 0.25) is 5.95 Å². The third-order valence-corrected chi connectivity index (χ3v) is 3.84. The molecule has 3 N–H and O–H groups in total. The first kappa shape index (κ1) is 18.0. The fraction of sp³-hybridized carbons (Fsp3) is 0.167. The van der Waals surface area contributed by atoms with E-state index in [9.17, 15) is 9.50 Å². The van der Waals surface area contributed by atoms with E-state index in [0.29, 0.717) is 23.1 Å². The maximum absolute atomic E-state index is 13.2. The van der Waals surface area contributed by atoms with Crippen LogP contribution in [0, 0.1) is 5.82 Å². The molecular formula is C18H17ClFN5O. The average molecular weight is 374 g/mol. The van der Waals surface area contributed by atoms with Gasteiger partial charge in [-0.15, -0.1) is 0 Å². The van der Waals surface area contributed by atoms with Gasteiger partial charge in [-0.1, -0.05) is 11.6 Å². The molecule has 0 bridgehead atoms. The summed E-state index contributed by atoms with van der Waals surface area (Å²) < 4.78 is 13.2. The Balaban J connectivity index is 1.98. The number of nitrogens with one attached hydrogen (secondary N) is 2. The molecule has 2 heterocycles. The van der Waals surface area contributed by atoms with E-state index in [1.807, 2.05) is 19.1 Å². The Morgan fingerprint density at radius 1 is 1.23 bits per heavy atom. The Hall–Kier alpha value is -2.77. The molecule has 134 valence electrons. The van der Waals surface area contributed by atoms with Crippen molar-refractivity contribution < 1.29 is 9.50 Å². The van der Waals surface area contributed by atoms with Crippen LogP contribution in [0.4, 0.5) is 21.8 Å².